The molecular weight excluding hydrogens is 370 g/mol. The molecule has 0 amide bonds. The van der Waals surface area contributed by atoms with Crippen molar-refractivity contribution in [1.82, 2.24) is 13.6 Å². The van der Waals surface area contributed by atoms with Crippen LogP contribution in [0.1, 0.15) is 37.6 Å². The van der Waals surface area contributed by atoms with Gasteiger partial charge in [-0.2, -0.15) is 17.0 Å². The first-order chi connectivity index (χ1) is 12.4. The number of benzene rings is 1. The lowest BCUT2D eigenvalue weighted by Gasteiger charge is -2.39. The van der Waals surface area contributed by atoms with Crippen LogP contribution in [0.5, 0.6) is 0 Å². The number of rotatable bonds is 3. The third-order valence-corrected chi connectivity index (χ3v) is 8.32. The van der Waals surface area contributed by atoms with E-state index in [0.717, 1.165) is 23.4 Å². The fourth-order valence-corrected chi connectivity index (χ4v) is 6.81. The lowest BCUT2D eigenvalue weighted by atomic mass is 9.99. The van der Waals surface area contributed by atoms with Crippen LogP contribution in [-0.2, 0) is 14.9 Å². The Bertz CT molecular complexity index is 832. The Morgan fingerprint density at radius 2 is 1.73 bits per heavy atom. The third-order valence-electron chi connectivity index (χ3n) is 5.15. The Kier molecular flexibility index (Phi) is 5.04. The summed E-state index contributed by atoms with van der Waals surface area (Å²) in [5.74, 6) is 0.349. The van der Waals surface area contributed by atoms with Crippen molar-refractivity contribution >= 4 is 31.8 Å². The van der Waals surface area contributed by atoms with Gasteiger partial charge in [-0.25, -0.2) is 4.98 Å². The smallest absolute Gasteiger partial charge is 0.282 e. The van der Waals surface area contributed by atoms with Gasteiger partial charge >= 0.3 is 0 Å². The third kappa shape index (κ3) is 3.53. The quantitative estimate of drug-likeness (QED) is 0.802. The average Bonchev–Trinajstić information content (AvgIpc) is 3.05. The molecule has 0 saturated carbocycles. The molecule has 6 nitrogen and oxygen atoms in total. The van der Waals surface area contributed by atoms with Crippen molar-refractivity contribution in [2.45, 2.75) is 44.8 Å². The number of piperidine rings is 1. The molecule has 142 valence electrons. The Hall–Kier alpha value is -1.06. The molecule has 0 radical (unpaired) electrons. The number of hydrogen-bond acceptors (Lipinski definition) is 5. The van der Waals surface area contributed by atoms with Gasteiger partial charge in [-0.15, -0.1) is 11.3 Å². The molecule has 1 aromatic carbocycles. The monoisotopic (exact) mass is 395 g/mol. The van der Waals surface area contributed by atoms with Crippen LogP contribution in [0.3, 0.4) is 0 Å². The molecule has 3 heterocycles. The topological polar surface area (TPSA) is 62.7 Å². The van der Waals surface area contributed by atoms with E-state index >= 15 is 0 Å². The van der Waals surface area contributed by atoms with E-state index in [4.69, 9.17) is 9.72 Å². The zero-order valence-corrected chi connectivity index (χ0v) is 16.8. The zero-order valence-electron chi connectivity index (χ0n) is 15.2. The number of thiazole rings is 1. The van der Waals surface area contributed by atoms with E-state index in [1.807, 2.05) is 32.0 Å². The minimum absolute atomic E-state index is 0.0613. The SMILES string of the molecule is C[C@@H]1CN(S(=O)(=O)N2CCC(c3nc4ccccc4s3)CC2)C[C@H](C)O1. The Labute approximate surface area is 159 Å². The second kappa shape index (κ2) is 7.16. The van der Waals surface area contributed by atoms with Crippen LogP contribution in [0.15, 0.2) is 24.3 Å². The number of ether oxygens (including phenoxy) is 1. The van der Waals surface area contributed by atoms with Gasteiger partial charge in [0, 0.05) is 32.1 Å². The second-order valence-corrected chi connectivity index (χ2v) is 10.3. The number of aromatic nitrogens is 1. The first kappa shape index (κ1) is 18.3. The van der Waals surface area contributed by atoms with Crippen LogP contribution in [0, 0.1) is 0 Å². The molecule has 4 rings (SSSR count). The molecule has 0 spiro atoms. The highest BCUT2D eigenvalue weighted by Crippen LogP contribution is 2.35. The molecule has 0 unspecified atom stereocenters. The summed E-state index contributed by atoms with van der Waals surface area (Å²) in [5, 5.41) is 1.14. The molecule has 26 heavy (non-hydrogen) atoms. The van der Waals surface area contributed by atoms with Crippen LogP contribution in [-0.4, -0.2) is 60.4 Å². The fraction of sp³-hybridized carbons (Fsp3) is 0.611. The van der Waals surface area contributed by atoms with E-state index in [-0.39, 0.29) is 12.2 Å². The van der Waals surface area contributed by atoms with Crippen LogP contribution >= 0.6 is 11.3 Å². The molecule has 2 atom stereocenters. The lowest BCUT2D eigenvalue weighted by molar-refractivity contribution is -0.0456. The maximum absolute atomic E-state index is 13.0. The minimum Gasteiger partial charge on any atom is -0.373 e. The normalized spacial score (nSPS) is 27.2. The van der Waals surface area contributed by atoms with E-state index in [1.54, 1.807) is 19.9 Å². The second-order valence-electron chi connectivity index (χ2n) is 7.28. The summed E-state index contributed by atoms with van der Waals surface area (Å²) in [6.07, 6.45) is 1.53. The molecule has 1 aromatic heterocycles. The molecule has 2 aliphatic rings. The molecule has 0 aliphatic carbocycles. The van der Waals surface area contributed by atoms with Gasteiger partial charge in [0.25, 0.3) is 10.2 Å². The zero-order chi connectivity index (χ0) is 18.3. The standard InChI is InChI=1S/C18H25N3O3S2/c1-13-11-21(12-14(2)24-13)26(22,23)20-9-7-15(8-10-20)18-19-16-5-3-4-6-17(16)25-18/h3-6,13-15H,7-12H2,1-2H3/t13-,14+. The molecule has 2 saturated heterocycles. The lowest BCUT2D eigenvalue weighted by Crippen LogP contribution is -2.54. The van der Waals surface area contributed by atoms with Gasteiger partial charge in [0.2, 0.25) is 0 Å². The summed E-state index contributed by atoms with van der Waals surface area (Å²) in [6, 6.07) is 8.17. The highest BCUT2D eigenvalue weighted by Gasteiger charge is 2.37. The molecule has 2 aliphatic heterocycles. The predicted molar refractivity (Wildman–Crippen MR) is 104 cm³/mol. The largest absolute Gasteiger partial charge is 0.373 e. The maximum Gasteiger partial charge on any atom is 0.282 e. The first-order valence-electron chi connectivity index (χ1n) is 9.19. The minimum atomic E-state index is -3.41. The van der Waals surface area contributed by atoms with E-state index in [9.17, 15) is 8.42 Å². The summed E-state index contributed by atoms with van der Waals surface area (Å²) >= 11 is 1.74. The average molecular weight is 396 g/mol. The van der Waals surface area contributed by atoms with Gasteiger partial charge in [0.1, 0.15) is 0 Å². The number of hydrogen-bond donors (Lipinski definition) is 0. The molecule has 2 aromatic rings. The van der Waals surface area contributed by atoms with Crippen molar-refractivity contribution in [3.8, 4) is 0 Å². The summed E-state index contributed by atoms with van der Waals surface area (Å²) in [4.78, 5) is 4.76. The number of morpholine rings is 1. The van der Waals surface area contributed by atoms with Gasteiger partial charge < -0.3 is 4.74 Å². The van der Waals surface area contributed by atoms with E-state index in [1.165, 1.54) is 4.70 Å². The molecule has 2 fully saturated rings. The van der Waals surface area contributed by atoms with Crippen LogP contribution in [0.25, 0.3) is 10.2 Å². The summed E-state index contributed by atoms with van der Waals surface area (Å²) in [6.45, 7) is 5.84. The van der Waals surface area contributed by atoms with E-state index in [2.05, 4.69) is 6.07 Å². The van der Waals surface area contributed by atoms with E-state index in [0.29, 0.717) is 32.1 Å². The van der Waals surface area contributed by atoms with Gasteiger partial charge in [-0.05, 0) is 38.8 Å². The summed E-state index contributed by atoms with van der Waals surface area (Å²) in [7, 11) is -3.41. The maximum atomic E-state index is 13.0. The number of para-hydroxylation sites is 1. The van der Waals surface area contributed by atoms with Gasteiger partial charge in [-0.1, -0.05) is 12.1 Å². The predicted octanol–water partition coefficient (Wildman–Crippen LogP) is 2.83. The molecule has 0 N–H and O–H groups in total. The van der Waals surface area contributed by atoms with Crippen molar-refractivity contribution in [2.24, 2.45) is 0 Å². The molecular formula is C18H25N3O3S2. The van der Waals surface area contributed by atoms with Crippen LogP contribution < -0.4 is 0 Å². The molecule has 0 bridgehead atoms. The van der Waals surface area contributed by atoms with Crippen molar-refractivity contribution in [3.63, 3.8) is 0 Å². The van der Waals surface area contributed by atoms with Crippen molar-refractivity contribution in [2.75, 3.05) is 26.2 Å². The van der Waals surface area contributed by atoms with Crippen molar-refractivity contribution in [1.29, 1.82) is 0 Å². The van der Waals surface area contributed by atoms with Crippen LogP contribution in [0.2, 0.25) is 0 Å². The summed E-state index contributed by atoms with van der Waals surface area (Å²) in [5.41, 5.74) is 1.04. The highest BCUT2D eigenvalue weighted by molar-refractivity contribution is 7.86. The Morgan fingerprint density at radius 3 is 2.38 bits per heavy atom. The number of fused-ring (bicyclic) bond motifs is 1. The van der Waals surface area contributed by atoms with Gasteiger partial charge in [0.15, 0.2) is 0 Å². The van der Waals surface area contributed by atoms with E-state index < -0.39 is 10.2 Å². The fourth-order valence-electron chi connectivity index (χ4n) is 3.88. The summed E-state index contributed by atoms with van der Waals surface area (Å²) < 4.78 is 36.1. The van der Waals surface area contributed by atoms with Gasteiger partial charge in [0.05, 0.1) is 27.4 Å². The highest BCUT2D eigenvalue weighted by atomic mass is 32.2. The first-order valence-corrected chi connectivity index (χ1v) is 11.4. The van der Waals surface area contributed by atoms with Crippen molar-refractivity contribution in [3.05, 3.63) is 29.3 Å². The van der Waals surface area contributed by atoms with Gasteiger partial charge in [-0.3, -0.25) is 0 Å². The Morgan fingerprint density at radius 1 is 1.08 bits per heavy atom. The van der Waals surface area contributed by atoms with Crippen molar-refractivity contribution < 1.29 is 13.2 Å². The van der Waals surface area contributed by atoms with Crippen LogP contribution in [0.4, 0.5) is 0 Å². The number of nitrogens with zero attached hydrogens (tertiary/aromatic N) is 3. The Balaban J connectivity index is 1.44. The molecule has 8 heteroatoms.